The molecule has 0 spiro atoms. The van der Waals surface area contributed by atoms with Gasteiger partial charge in [0.25, 0.3) is 5.56 Å². The Balaban J connectivity index is 1.91. The average molecular weight is 334 g/mol. The molecule has 3 rings (SSSR count). The Morgan fingerprint density at radius 3 is 2.83 bits per heavy atom. The molecule has 1 aliphatic rings. The lowest BCUT2D eigenvalue weighted by Gasteiger charge is -2.18. The predicted molar refractivity (Wildman–Crippen MR) is 88.2 cm³/mol. The fourth-order valence-electron chi connectivity index (χ4n) is 2.94. The second-order valence-electron chi connectivity index (χ2n) is 5.70. The maximum Gasteiger partial charge on any atom is 0.338 e. The Morgan fingerprint density at radius 1 is 1.35 bits per heavy atom. The molecule has 0 amide bonds. The lowest BCUT2D eigenvalue weighted by Crippen LogP contribution is -2.27. The number of aromatic nitrogens is 2. The topological polar surface area (TPSA) is 73.3 Å². The van der Waals surface area contributed by atoms with Gasteiger partial charge in [0.15, 0.2) is 4.77 Å². The zero-order valence-electron chi connectivity index (χ0n) is 13.0. The molecule has 0 unspecified atom stereocenters. The van der Waals surface area contributed by atoms with E-state index in [1.165, 1.54) is 4.57 Å². The second-order valence-corrected chi connectivity index (χ2v) is 6.09. The predicted octanol–water partition coefficient (Wildman–Crippen LogP) is 2.32. The Kier molecular flexibility index (Phi) is 4.32. The first-order valence-electron chi connectivity index (χ1n) is 7.48. The number of carbonyl (C=O) groups excluding carboxylic acids is 1. The first kappa shape index (κ1) is 15.9. The van der Waals surface area contributed by atoms with Crippen LogP contribution in [0.25, 0.3) is 10.9 Å². The summed E-state index contributed by atoms with van der Waals surface area (Å²) in [6.45, 7) is 0. The molecule has 6 nitrogen and oxygen atoms in total. The zero-order valence-corrected chi connectivity index (χ0v) is 13.8. The van der Waals surface area contributed by atoms with E-state index in [1.54, 1.807) is 32.4 Å². The van der Waals surface area contributed by atoms with E-state index in [2.05, 4.69) is 4.98 Å². The smallest absolute Gasteiger partial charge is 0.338 e. The lowest BCUT2D eigenvalue weighted by molar-refractivity contribution is -0.0206. The van der Waals surface area contributed by atoms with Crippen molar-refractivity contribution in [2.75, 3.05) is 7.11 Å². The summed E-state index contributed by atoms with van der Waals surface area (Å²) in [4.78, 5) is 27.4. The Bertz CT molecular complexity index is 870. The number of nitrogens with zero attached hydrogens (tertiary/aromatic N) is 1. The number of nitrogens with one attached hydrogen (secondary N) is 1. The fourth-order valence-corrected chi connectivity index (χ4v) is 3.13. The summed E-state index contributed by atoms with van der Waals surface area (Å²) in [6.07, 6.45) is 2.43. The van der Waals surface area contributed by atoms with Gasteiger partial charge in [-0.3, -0.25) is 9.36 Å². The third-order valence-corrected chi connectivity index (χ3v) is 4.67. The molecule has 0 aliphatic heterocycles. The van der Waals surface area contributed by atoms with E-state index in [0.29, 0.717) is 21.2 Å². The summed E-state index contributed by atoms with van der Waals surface area (Å²) in [5, 5.41) is 0.480. The molecular weight excluding hydrogens is 316 g/mol. The van der Waals surface area contributed by atoms with E-state index in [9.17, 15) is 9.59 Å². The van der Waals surface area contributed by atoms with Gasteiger partial charge in [0.2, 0.25) is 0 Å². The molecule has 7 heteroatoms. The van der Waals surface area contributed by atoms with Crippen LogP contribution in [-0.2, 0) is 16.5 Å². The van der Waals surface area contributed by atoms with Gasteiger partial charge in [0.1, 0.15) is 6.10 Å². The normalized spacial score (nSPS) is 20.8. The maximum atomic E-state index is 12.3. The SMILES string of the molecule is CO[C@@H]1CCC[C@H]1OC(=O)c1ccc2c(=O)n(C)c(=S)[nH]c2c1. The minimum Gasteiger partial charge on any atom is -0.456 e. The number of rotatable bonds is 3. The van der Waals surface area contributed by atoms with Crippen molar-refractivity contribution in [2.45, 2.75) is 31.5 Å². The molecule has 2 atom stereocenters. The summed E-state index contributed by atoms with van der Waals surface area (Å²) in [6, 6.07) is 4.81. The van der Waals surface area contributed by atoms with E-state index in [4.69, 9.17) is 21.7 Å². The summed E-state index contributed by atoms with van der Waals surface area (Å²) in [5.74, 6) is -0.416. The molecule has 1 fully saturated rings. The monoisotopic (exact) mass is 334 g/mol. The van der Waals surface area contributed by atoms with Gasteiger partial charge in [-0.2, -0.15) is 0 Å². The Labute approximate surface area is 138 Å². The molecular formula is C16H18N2O4S. The summed E-state index contributed by atoms with van der Waals surface area (Å²) >= 11 is 5.10. The van der Waals surface area contributed by atoms with Gasteiger partial charge in [-0.25, -0.2) is 4.79 Å². The number of carbonyl (C=O) groups is 1. The first-order chi connectivity index (χ1) is 11.0. The third-order valence-electron chi connectivity index (χ3n) is 4.29. The molecule has 1 aromatic carbocycles. The molecule has 1 saturated carbocycles. The molecule has 1 aromatic heterocycles. The van der Waals surface area contributed by atoms with E-state index in [1.807, 2.05) is 0 Å². The van der Waals surface area contributed by atoms with Crippen molar-refractivity contribution >= 4 is 29.1 Å². The van der Waals surface area contributed by atoms with Gasteiger partial charge in [-0.15, -0.1) is 0 Å². The van der Waals surface area contributed by atoms with Crippen molar-refractivity contribution in [1.29, 1.82) is 0 Å². The van der Waals surface area contributed by atoms with Gasteiger partial charge >= 0.3 is 5.97 Å². The first-order valence-corrected chi connectivity index (χ1v) is 7.89. The molecule has 0 bridgehead atoms. The van der Waals surface area contributed by atoms with Crippen LogP contribution >= 0.6 is 12.2 Å². The van der Waals surface area contributed by atoms with Crippen LogP contribution in [0.15, 0.2) is 23.0 Å². The summed E-state index contributed by atoms with van der Waals surface area (Å²) < 4.78 is 12.5. The highest BCUT2D eigenvalue weighted by molar-refractivity contribution is 7.71. The van der Waals surface area contributed by atoms with Crippen LogP contribution in [0.2, 0.25) is 0 Å². The summed E-state index contributed by atoms with van der Waals surface area (Å²) in [5.41, 5.74) is 0.722. The lowest BCUT2D eigenvalue weighted by atomic mass is 10.1. The van der Waals surface area contributed by atoms with Crippen LogP contribution in [0.3, 0.4) is 0 Å². The highest BCUT2D eigenvalue weighted by atomic mass is 32.1. The molecule has 122 valence electrons. The van der Waals surface area contributed by atoms with Crippen LogP contribution in [-0.4, -0.2) is 34.8 Å². The highest BCUT2D eigenvalue weighted by Crippen LogP contribution is 2.25. The van der Waals surface area contributed by atoms with Gasteiger partial charge in [-0.05, 0) is 49.7 Å². The quantitative estimate of drug-likeness (QED) is 0.689. The van der Waals surface area contributed by atoms with Crippen molar-refractivity contribution < 1.29 is 14.3 Å². The number of ether oxygens (including phenoxy) is 2. The summed E-state index contributed by atoms with van der Waals surface area (Å²) in [7, 11) is 3.23. The van der Waals surface area contributed by atoms with Crippen LogP contribution in [0.1, 0.15) is 29.6 Å². The number of benzene rings is 1. The standard InChI is InChI=1S/C16H18N2O4S/c1-18-14(19)10-7-6-9(8-11(10)17-16(18)23)15(20)22-13-5-3-4-12(13)21-2/h6-8,12-13H,3-5H2,1-2H3,(H,17,23)/t12-,13-/m1/s1. The minimum absolute atomic E-state index is 0.0440. The van der Waals surface area contributed by atoms with Gasteiger partial charge < -0.3 is 14.5 Å². The van der Waals surface area contributed by atoms with Crippen LogP contribution in [0, 0.1) is 4.77 Å². The van der Waals surface area contributed by atoms with E-state index < -0.39 is 5.97 Å². The third kappa shape index (κ3) is 2.94. The highest BCUT2D eigenvalue weighted by Gasteiger charge is 2.30. The van der Waals surface area contributed by atoms with Crippen LogP contribution in [0.4, 0.5) is 0 Å². The number of fused-ring (bicyclic) bond motifs is 1. The number of hydrogen-bond acceptors (Lipinski definition) is 5. The molecule has 0 saturated heterocycles. The number of methoxy groups -OCH3 is 1. The Hall–Kier alpha value is -1.99. The number of esters is 1. The number of H-pyrrole nitrogens is 1. The number of aromatic amines is 1. The molecule has 1 aliphatic carbocycles. The largest absolute Gasteiger partial charge is 0.456 e. The van der Waals surface area contributed by atoms with Crippen molar-refractivity contribution in [1.82, 2.24) is 9.55 Å². The van der Waals surface area contributed by atoms with Crippen molar-refractivity contribution in [2.24, 2.45) is 7.05 Å². The van der Waals surface area contributed by atoms with Crippen molar-refractivity contribution in [3.05, 3.63) is 38.9 Å². The second kappa shape index (κ2) is 6.25. The van der Waals surface area contributed by atoms with E-state index >= 15 is 0 Å². The van der Waals surface area contributed by atoms with Crippen molar-refractivity contribution in [3.8, 4) is 0 Å². The van der Waals surface area contributed by atoms with Gasteiger partial charge in [0, 0.05) is 14.2 Å². The fraction of sp³-hybridized carbons (Fsp3) is 0.438. The van der Waals surface area contributed by atoms with Gasteiger partial charge in [-0.1, -0.05) is 0 Å². The van der Waals surface area contributed by atoms with E-state index in [-0.39, 0.29) is 17.8 Å². The average Bonchev–Trinajstić information content (AvgIpc) is 2.99. The van der Waals surface area contributed by atoms with E-state index in [0.717, 1.165) is 19.3 Å². The number of hydrogen-bond donors (Lipinski definition) is 1. The molecule has 0 radical (unpaired) electrons. The maximum absolute atomic E-state index is 12.3. The van der Waals surface area contributed by atoms with Crippen molar-refractivity contribution in [3.63, 3.8) is 0 Å². The minimum atomic E-state index is -0.416. The molecule has 2 aromatic rings. The van der Waals surface area contributed by atoms with Gasteiger partial charge in [0.05, 0.1) is 22.6 Å². The molecule has 1 N–H and O–H groups in total. The zero-order chi connectivity index (χ0) is 16.6. The Morgan fingerprint density at radius 2 is 2.09 bits per heavy atom. The van der Waals surface area contributed by atoms with Crippen LogP contribution in [0.5, 0.6) is 0 Å². The van der Waals surface area contributed by atoms with Crippen LogP contribution < -0.4 is 5.56 Å². The molecule has 1 heterocycles. The molecule has 23 heavy (non-hydrogen) atoms.